The lowest BCUT2D eigenvalue weighted by molar-refractivity contribution is -0.184. The number of carbonyl (C=O) groups is 2. The summed E-state index contributed by atoms with van der Waals surface area (Å²) < 4.78 is 52.8. The van der Waals surface area contributed by atoms with Crippen LogP contribution in [0.5, 0.6) is 0 Å². The van der Waals surface area contributed by atoms with E-state index < -0.39 is 42.9 Å². The molecule has 1 saturated heterocycles. The summed E-state index contributed by atoms with van der Waals surface area (Å²) >= 11 is 0. The highest BCUT2D eigenvalue weighted by atomic mass is 35.5. The van der Waals surface area contributed by atoms with Crippen LogP contribution >= 0.6 is 12.4 Å². The van der Waals surface area contributed by atoms with Gasteiger partial charge in [0.2, 0.25) is 11.8 Å². The molecular formula is C17H23ClF4N4O2. The second kappa shape index (κ2) is 11.2. The van der Waals surface area contributed by atoms with Crippen LogP contribution < -0.4 is 16.0 Å². The van der Waals surface area contributed by atoms with Gasteiger partial charge in [-0.05, 0) is 17.7 Å². The van der Waals surface area contributed by atoms with Crippen LogP contribution in [-0.4, -0.2) is 68.2 Å². The van der Waals surface area contributed by atoms with Gasteiger partial charge in [-0.3, -0.25) is 14.5 Å². The molecule has 0 saturated carbocycles. The van der Waals surface area contributed by atoms with Gasteiger partial charge in [-0.2, -0.15) is 13.2 Å². The van der Waals surface area contributed by atoms with Crippen molar-refractivity contribution in [1.29, 1.82) is 0 Å². The maximum Gasteiger partial charge on any atom is 0.405 e. The normalized spacial score (nSPS) is 16.0. The van der Waals surface area contributed by atoms with Gasteiger partial charge >= 0.3 is 6.18 Å². The molecular weight excluding hydrogens is 404 g/mol. The molecule has 0 aromatic heterocycles. The summed E-state index contributed by atoms with van der Waals surface area (Å²) in [4.78, 5) is 24.8. The van der Waals surface area contributed by atoms with E-state index in [-0.39, 0.29) is 31.9 Å². The van der Waals surface area contributed by atoms with E-state index in [0.29, 0.717) is 18.7 Å². The van der Waals surface area contributed by atoms with Crippen LogP contribution in [-0.2, 0) is 16.0 Å². The van der Waals surface area contributed by atoms with Crippen LogP contribution in [0.3, 0.4) is 0 Å². The summed E-state index contributed by atoms with van der Waals surface area (Å²) in [5, 5.41) is 7.51. The summed E-state index contributed by atoms with van der Waals surface area (Å²) in [6.45, 7) is 0.366. The maximum absolute atomic E-state index is 13.2. The van der Waals surface area contributed by atoms with Crippen LogP contribution in [0.4, 0.5) is 17.6 Å². The summed E-state index contributed by atoms with van der Waals surface area (Å²) in [5.74, 6) is -1.72. The van der Waals surface area contributed by atoms with Gasteiger partial charge in [0.15, 0.2) is 0 Å². The van der Waals surface area contributed by atoms with Gasteiger partial charge in [0, 0.05) is 32.7 Å². The lowest BCUT2D eigenvalue weighted by Gasteiger charge is -2.35. The molecule has 1 aromatic rings. The Hall–Kier alpha value is -1.91. The predicted octanol–water partition coefficient (Wildman–Crippen LogP) is 0.858. The average Bonchev–Trinajstić information content (AvgIpc) is 2.60. The third-order valence-corrected chi connectivity index (χ3v) is 4.16. The number of nitrogens with zero attached hydrogens (tertiary/aromatic N) is 1. The standard InChI is InChI=1S/C17H22F4N4O2.ClH/c18-13-3-1-2-12(8-13)9-15(26)24-11-16(27)23-10-14(17(19,20)21)25-6-4-22-5-7-25;/h1-3,8,14,22H,4-7,9-11H2,(H,23,27)(H,24,26);1H. The molecule has 28 heavy (non-hydrogen) atoms. The number of piperazine rings is 1. The monoisotopic (exact) mass is 426 g/mol. The molecule has 1 unspecified atom stereocenters. The van der Waals surface area contributed by atoms with Crippen molar-refractivity contribution in [3.8, 4) is 0 Å². The molecule has 1 aliphatic heterocycles. The van der Waals surface area contributed by atoms with Crippen molar-refractivity contribution in [1.82, 2.24) is 20.9 Å². The Morgan fingerprint density at radius 1 is 1.14 bits per heavy atom. The molecule has 1 fully saturated rings. The number of nitrogens with one attached hydrogen (secondary N) is 3. The first kappa shape index (κ1) is 24.1. The van der Waals surface area contributed by atoms with Crippen molar-refractivity contribution in [2.45, 2.75) is 18.6 Å². The third-order valence-electron chi connectivity index (χ3n) is 4.16. The minimum absolute atomic E-state index is 0. The van der Waals surface area contributed by atoms with Crippen LogP contribution in [0.25, 0.3) is 0 Å². The number of hydrogen-bond donors (Lipinski definition) is 3. The van der Waals surface area contributed by atoms with E-state index >= 15 is 0 Å². The first-order valence-corrected chi connectivity index (χ1v) is 8.55. The topological polar surface area (TPSA) is 73.5 Å². The molecule has 0 aliphatic carbocycles. The molecule has 158 valence electrons. The van der Waals surface area contributed by atoms with Crippen LogP contribution in [0.1, 0.15) is 5.56 Å². The van der Waals surface area contributed by atoms with Crippen molar-refractivity contribution >= 4 is 24.2 Å². The lowest BCUT2D eigenvalue weighted by Crippen LogP contribution is -2.58. The van der Waals surface area contributed by atoms with Gasteiger partial charge in [-0.1, -0.05) is 12.1 Å². The largest absolute Gasteiger partial charge is 0.405 e. The molecule has 0 radical (unpaired) electrons. The van der Waals surface area contributed by atoms with E-state index in [4.69, 9.17) is 0 Å². The Labute approximate surface area is 166 Å². The molecule has 1 aromatic carbocycles. The highest BCUT2D eigenvalue weighted by Gasteiger charge is 2.43. The number of rotatable bonds is 7. The lowest BCUT2D eigenvalue weighted by atomic mass is 10.1. The van der Waals surface area contributed by atoms with Crippen molar-refractivity contribution in [3.05, 3.63) is 35.6 Å². The maximum atomic E-state index is 13.2. The number of benzene rings is 1. The first-order valence-electron chi connectivity index (χ1n) is 8.55. The summed E-state index contributed by atoms with van der Waals surface area (Å²) in [6.07, 6.45) is -4.59. The predicted molar refractivity (Wildman–Crippen MR) is 97.7 cm³/mol. The van der Waals surface area contributed by atoms with Crippen LogP contribution in [0.15, 0.2) is 24.3 Å². The van der Waals surface area contributed by atoms with Crippen LogP contribution in [0.2, 0.25) is 0 Å². The minimum Gasteiger partial charge on any atom is -0.353 e. The quantitative estimate of drug-likeness (QED) is 0.565. The van der Waals surface area contributed by atoms with Gasteiger partial charge in [0.05, 0.1) is 13.0 Å². The Morgan fingerprint density at radius 2 is 1.82 bits per heavy atom. The smallest absolute Gasteiger partial charge is 0.353 e. The van der Waals surface area contributed by atoms with Gasteiger partial charge in [0.1, 0.15) is 11.9 Å². The number of halogens is 5. The van der Waals surface area contributed by atoms with Crippen molar-refractivity contribution < 1.29 is 27.2 Å². The van der Waals surface area contributed by atoms with E-state index in [1.165, 1.54) is 23.1 Å². The van der Waals surface area contributed by atoms with Crippen molar-refractivity contribution in [3.63, 3.8) is 0 Å². The fourth-order valence-corrected chi connectivity index (χ4v) is 2.79. The third kappa shape index (κ3) is 7.99. The summed E-state index contributed by atoms with van der Waals surface area (Å²) in [6, 6.07) is 3.68. The Balaban J connectivity index is 0.00000392. The molecule has 0 bridgehead atoms. The molecule has 11 heteroatoms. The fourth-order valence-electron chi connectivity index (χ4n) is 2.79. The zero-order valence-corrected chi connectivity index (χ0v) is 15.8. The van der Waals surface area contributed by atoms with E-state index in [1.54, 1.807) is 6.07 Å². The highest BCUT2D eigenvalue weighted by Crippen LogP contribution is 2.24. The van der Waals surface area contributed by atoms with E-state index in [0.717, 1.165) is 0 Å². The van der Waals surface area contributed by atoms with Crippen molar-refractivity contribution in [2.24, 2.45) is 0 Å². The highest BCUT2D eigenvalue weighted by molar-refractivity contribution is 5.86. The Morgan fingerprint density at radius 3 is 2.43 bits per heavy atom. The molecule has 3 N–H and O–H groups in total. The number of hydrogen-bond acceptors (Lipinski definition) is 4. The first-order chi connectivity index (χ1) is 12.8. The second-order valence-corrected chi connectivity index (χ2v) is 6.23. The Bertz CT molecular complexity index is 654. The summed E-state index contributed by atoms with van der Waals surface area (Å²) in [5.41, 5.74) is 0.434. The summed E-state index contributed by atoms with van der Waals surface area (Å²) in [7, 11) is 0. The molecule has 0 spiro atoms. The van der Waals surface area contributed by atoms with Gasteiger partial charge in [0.25, 0.3) is 0 Å². The average molecular weight is 427 g/mol. The number of amides is 2. The van der Waals surface area contributed by atoms with Gasteiger partial charge < -0.3 is 16.0 Å². The SMILES string of the molecule is Cl.O=C(CNC(=O)Cc1cccc(F)c1)NCC(N1CCNCC1)C(F)(F)F. The van der Waals surface area contributed by atoms with Crippen LogP contribution in [0, 0.1) is 5.82 Å². The van der Waals surface area contributed by atoms with E-state index in [2.05, 4.69) is 16.0 Å². The molecule has 2 rings (SSSR count). The zero-order chi connectivity index (χ0) is 19.9. The minimum atomic E-state index is -4.47. The van der Waals surface area contributed by atoms with Gasteiger partial charge in [-0.15, -0.1) is 12.4 Å². The van der Waals surface area contributed by atoms with Crippen molar-refractivity contribution in [2.75, 3.05) is 39.3 Å². The number of carbonyl (C=O) groups excluding carboxylic acids is 2. The van der Waals surface area contributed by atoms with Gasteiger partial charge in [-0.25, -0.2) is 4.39 Å². The molecule has 1 aliphatic rings. The molecule has 1 atom stereocenters. The second-order valence-electron chi connectivity index (χ2n) is 6.23. The fraction of sp³-hybridized carbons (Fsp3) is 0.529. The molecule has 6 nitrogen and oxygen atoms in total. The Kier molecular flexibility index (Phi) is 9.63. The number of alkyl halides is 3. The molecule has 1 heterocycles. The van der Waals surface area contributed by atoms with E-state index in [9.17, 15) is 27.2 Å². The molecule has 2 amide bonds. The van der Waals surface area contributed by atoms with E-state index in [1.807, 2.05) is 0 Å². The zero-order valence-electron chi connectivity index (χ0n) is 15.0.